The van der Waals surface area contributed by atoms with Gasteiger partial charge in [-0.3, -0.25) is 9.78 Å². The van der Waals surface area contributed by atoms with Gasteiger partial charge in [0.1, 0.15) is 22.0 Å². The summed E-state index contributed by atoms with van der Waals surface area (Å²) in [5.74, 6) is 1.87. The molecule has 3 N–H and O–H groups in total. The van der Waals surface area contributed by atoms with Crippen LogP contribution in [-0.2, 0) is 12.5 Å². The fourth-order valence-electron chi connectivity index (χ4n) is 5.58. The summed E-state index contributed by atoms with van der Waals surface area (Å²) < 4.78 is 1.75. The second-order valence-corrected chi connectivity index (χ2v) is 10.1. The van der Waals surface area contributed by atoms with Gasteiger partial charge >= 0.3 is 0 Å². The molecule has 33 heavy (non-hydrogen) atoms. The van der Waals surface area contributed by atoms with Gasteiger partial charge in [0.25, 0.3) is 0 Å². The van der Waals surface area contributed by atoms with Crippen molar-refractivity contribution in [3.05, 3.63) is 46.1 Å². The highest BCUT2D eigenvalue weighted by molar-refractivity contribution is 7.09. The topological polar surface area (TPSA) is 114 Å². The number of rotatable bonds is 4. The lowest BCUT2D eigenvalue weighted by Gasteiger charge is -2.25. The molecule has 1 aliphatic heterocycles. The molecule has 3 atom stereocenters. The van der Waals surface area contributed by atoms with E-state index in [1.54, 1.807) is 16.0 Å². The number of piperidine rings is 1. The average molecular weight is 478 g/mol. The third kappa shape index (κ3) is 2.59. The highest BCUT2D eigenvalue weighted by Crippen LogP contribution is 2.63. The lowest BCUT2D eigenvalue weighted by molar-refractivity contribution is 0.550. The summed E-state index contributed by atoms with van der Waals surface area (Å²) in [6.07, 6.45) is 5.61. The fraction of sp³-hybridized carbons (Fsp3) is 0.318. The summed E-state index contributed by atoms with van der Waals surface area (Å²) in [7, 11) is 1.88. The Morgan fingerprint density at radius 2 is 2.12 bits per heavy atom. The van der Waals surface area contributed by atoms with E-state index in [4.69, 9.17) is 27.3 Å². The number of fused-ring (bicyclic) bond motifs is 3. The molecule has 0 bridgehead atoms. The minimum Gasteiger partial charge on any atom is -0.355 e. The van der Waals surface area contributed by atoms with Crippen LogP contribution in [0.25, 0.3) is 33.3 Å². The molecule has 166 valence electrons. The summed E-state index contributed by atoms with van der Waals surface area (Å²) in [6.45, 7) is 2.46. The van der Waals surface area contributed by atoms with Crippen molar-refractivity contribution in [1.82, 2.24) is 34.9 Å². The number of nitrogens with two attached hydrogens (primary N) is 1. The van der Waals surface area contributed by atoms with Crippen molar-refractivity contribution in [2.75, 3.05) is 24.5 Å². The number of hydrogen-bond donors (Lipinski definition) is 2. The molecule has 2 fully saturated rings. The lowest BCUT2D eigenvalue weighted by Crippen LogP contribution is -2.35. The molecule has 1 aromatic carbocycles. The highest BCUT2D eigenvalue weighted by atomic mass is 35.5. The third-order valence-corrected chi connectivity index (χ3v) is 8.65. The van der Waals surface area contributed by atoms with Crippen LogP contribution in [0.15, 0.2) is 36.1 Å². The number of nitrogens with zero attached hydrogens (tertiary/aromatic N) is 7. The monoisotopic (exact) mass is 477 g/mol. The van der Waals surface area contributed by atoms with Gasteiger partial charge in [-0.2, -0.15) is 10.2 Å². The van der Waals surface area contributed by atoms with Gasteiger partial charge in [-0.15, -0.1) is 11.3 Å². The molecule has 1 saturated carbocycles. The van der Waals surface area contributed by atoms with Crippen LogP contribution < -0.4 is 10.6 Å². The third-order valence-electron chi connectivity index (χ3n) is 7.28. The number of halogens is 1. The van der Waals surface area contributed by atoms with Gasteiger partial charge in [0.2, 0.25) is 0 Å². The Hall–Kier alpha value is -3.08. The standard InChI is InChI=1S/C22H20ClN9S/c1-31-7-12-15(30-31)3-2-11(17(12)23)18-19-20(29-28-18)27-16(6-26-19)32-8-13-14(9-32)22(13,10-24)21-25-4-5-33-21/h2-7,13-14H,8-10,24H2,1H3,(H,27,28,29)/t13-,14+,22-. The van der Waals surface area contributed by atoms with E-state index in [1.165, 1.54) is 5.01 Å². The first-order valence-corrected chi connectivity index (χ1v) is 12.0. The molecule has 4 aromatic heterocycles. The Labute approximate surface area is 197 Å². The van der Waals surface area contributed by atoms with Gasteiger partial charge in [-0.1, -0.05) is 11.6 Å². The molecule has 0 amide bonds. The molecule has 1 saturated heterocycles. The van der Waals surface area contributed by atoms with Crippen LogP contribution in [0.5, 0.6) is 0 Å². The zero-order valence-corrected chi connectivity index (χ0v) is 19.3. The predicted octanol–water partition coefficient (Wildman–Crippen LogP) is 2.98. The van der Waals surface area contributed by atoms with Crippen LogP contribution >= 0.6 is 22.9 Å². The molecule has 0 spiro atoms. The second kappa shape index (κ2) is 6.72. The SMILES string of the molecule is Cn1cc2c(Cl)c(-c3n[nH]c4nc(N5C[C@@H]6[C@H](C5)[C@]6(CN)c5nccs5)cnc34)ccc2n1. The molecular formula is C22H20ClN9S. The number of aryl methyl sites for hydroxylation is 1. The fourth-order valence-corrected chi connectivity index (χ4v) is 6.85. The van der Waals surface area contributed by atoms with Crippen LogP contribution in [0.2, 0.25) is 5.02 Å². The van der Waals surface area contributed by atoms with E-state index in [9.17, 15) is 0 Å². The van der Waals surface area contributed by atoms with Gasteiger partial charge < -0.3 is 10.6 Å². The van der Waals surface area contributed by atoms with Gasteiger partial charge in [0.05, 0.1) is 16.7 Å². The van der Waals surface area contributed by atoms with Crippen molar-refractivity contribution in [1.29, 1.82) is 0 Å². The number of aromatic amines is 1. The largest absolute Gasteiger partial charge is 0.355 e. The number of hydrogen-bond acceptors (Lipinski definition) is 8. The molecule has 11 heteroatoms. The normalized spacial score (nSPS) is 24.2. The van der Waals surface area contributed by atoms with Gasteiger partial charge in [-0.25, -0.2) is 15.0 Å². The van der Waals surface area contributed by atoms with E-state index in [0.717, 1.165) is 35.4 Å². The maximum Gasteiger partial charge on any atom is 0.177 e. The quantitative estimate of drug-likeness (QED) is 0.409. The molecule has 2 aliphatic rings. The first-order valence-electron chi connectivity index (χ1n) is 10.8. The van der Waals surface area contributed by atoms with E-state index in [1.807, 2.05) is 43.2 Å². The molecule has 5 aromatic rings. The summed E-state index contributed by atoms with van der Waals surface area (Å²) in [5.41, 5.74) is 9.93. The van der Waals surface area contributed by atoms with Crippen LogP contribution in [0.4, 0.5) is 5.82 Å². The van der Waals surface area contributed by atoms with Crippen molar-refractivity contribution in [2.24, 2.45) is 24.6 Å². The number of aromatic nitrogens is 7. The zero-order chi connectivity index (χ0) is 22.3. The molecule has 1 aliphatic carbocycles. The Kier molecular flexibility index (Phi) is 3.95. The van der Waals surface area contributed by atoms with Crippen molar-refractivity contribution in [3.63, 3.8) is 0 Å². The summed E-state index contributed by atoms with van der Waals surface area (Å²) in [5, 5.41) is 16.7. The first-order chi connectivity index (χ1) is 16.1. The van der Waals surface area contributed by atoms with E-state index in [2.05, 4.69) is 25.2 Å². The van der Waals surface area contributed by atoms with Crippen LogP contribution in [0, 0.1) is 11.8 Å². The Bertz CT molecular complexity index is 1510. The van der Waals surface area contributed by atoms with Crippen molar-refractivity contribution in [3.8, 4) is 11.3 Å². The van der Waals surface area contributed by atoms with E-state index in [0.29, 0.717) is 40.3 Å². The summed E-state index contributed by atoms with van der Waals surface area (Å²) in [4.78, 5) is 16.4. The Morgan fingerprint density at radius 3 is 2.88 bits per heavy atom. The molecule has 5 heterocycles. The Morgan fingerprint density at radius 1 is 1.27 bits per heavy atom. The zero-order valence-electron chi connectivity index (χ0n) is 17.7. The van der Waals surface area contributed by atoms with Gasteiger partial charge in [0.15, 0.2) is 5.65 Å². The number of benzene rings is 1. The van der Waals surface area contributed by atoms with Crippen LogP contribution in [0.1, 0.15) is 5.01 Å². The number of H-pyrrole nitrogens is 1. The minimum absolute atomic E-state index is 0.0328. The van der Waals surface area contributed by atoms with E-state index >= 15 is 0 Å². The van der Waals surface area contributed by atoms with Crippen molar-refractivity contribution >= 4 is 50.8 Å². The van der Waals surface area contributed by atoms with Crippen molar-refractivity contribution < 1.29 is 0 Å². The number of thiazole rings is 1. The first kappa shape index (κ1) is 19.4. The lowest BCUT2D eigenvalue weighted by atomic mass is 10.0. The maximum atomic E-state index is 6.71. The average Bonchev–Trinajstić information content (AvgIpc) is 3.47. The molecule has 0 unspecified atom stereocenters. The Balaban J connectivity index is 1.20. The van der Waals surface area contributed by atoms with Crippen molar-refractivity contribution in [2.45, 2.75) is 5.41 Å². The predicted molar refractivity (Wildman–Crippen MR) is 128 cm³/mol. The second-order valence-electron chi connectivity index (χ2n) is 8.86. The molecule has 7 rings (SSSR count). The minimum atomic E-state index is 0.0328. The molecule has 9 nitrogen and oxygen atoms in total. The molecular weight excluding hydrogens is 458 g/mol. The van der Waals surface area contributed by atoms with Gasteiger partial charge in [-0.05, 0) is 24.0 Å². The van der Waals surface area contributed by atoms with E-state index < -0.39 is 0 Å². The maximum absolute atomic E-state index is 6.71. The summed E-state index contributed by atoms with van der Waals surface area (Å²) >= 11 is 8.42. The van der Waals surface area contributed by atoms with Crippen LogP contribution in [-0.4, -0.2) is 54.6 Å². The molecule has 0 radical (unpaired) electrons. The highest BCUT2D eigenvalue weighted by Gasteiger charge is 2.69. The summed E-state index contributed by atoms with van der Waals surface area (Å²) in [6, 6.07) is 3.88. The van der Waals surface area contributed by atoms with Gasteiger partial charge in [0, 0.05) is 60.8 Å². The van der Waals surface area contributed by atoms with E-state index in [-0.39, 0.29) is 5.41 Å². The number of anilines is 1. The smallest absolute Gasteiger partial charge is 0.177 e. The number of nitrogens with one attached hydrogen (secondary N) is 1. The van der Waals surface area contributed by atoms with Crippen LogP contribution in [0.3, 0.4) is 0 Å².